The number of benzene rings is 1. The van der Waals surface area contributed by atoms with E-state index in [1.54, 1.807) is 31.5 Å². The van der Waals surface area contributed by atoms with E-state index >= 15 is 0 Å². The van der Waals surface area contributed by atoms with Gasteiger partial charge in [0.1, 0.15) is 5.75 Å². The summed E-state index contributed by atoms with van der Waals surface area (Å²) in [5.74, 6) is 0.0173. The van der Waals surface area contributed by atoms with Crippen molar-refractivity contribution in [1.29, 1.82) is 0 Å². The molecule has 1 aromatic rings. The van der Waals surface area contributed by atoms with Crippen LogP contribution in [0, 0.1) is 5.92 Å². The van der Waals surface area contributed by atoms with Gasteiger partial charge in [-0.15, -0.1) is 0 Å². The Balaban J connectivity index is 1.82. The van der Waals surface area contributed by atoms with E-state index in [1.807, 2.05) is 4.90 Å². The Bertz CT molecular complexity index is 520. The van der Waals surface area contributed by atoms with Gasteiger partial charge in [0.25, 0.3) is 0 Å². The summed E-state index contributed by atoms with van der Waals surface area (Å²) in [6.07, 6.45) is 0.572. The fourth-order valence-corrected chi connectivity index (χ4v) is 3.36. The fourth-order valence-electron chi connectivity index (χ4n) is 2.16. The lowest BCUT2D eigenvalue weighted by Crippen LogP contribution is -2.51. The lowest BCUT2D eigenvalue weighted by atomic mass is 10.0. The van der Waals surface area contributed by atoms with Crippen molar-refractivity contribution in [2.45, 2.75) is 0 Å². The predicted octanol–water partition coefficient (Wildman–Crippen LogP) is 1.84. The molecule has 0 unspecified atom stereocenters. The normalized spacial score (nSPS) is 16.9. The Morgan fingerprint density at radius 2 is 2.16 bits per heavy atom. The number of carbonyl (C=O) groups excluding carboxylic acids is 1. The van der Waals surface area contributed by atoms with E-state index in [2.05, 4.69) is 5.32 Å². The molecule has 1 aromatic carbocycles. The molecule has 2 rings (SSSR count). The Labute approximate surface area is 113 Å². The topological polar surface area (TPSA) is 69.6 Å². The Morgan fingerprint density at radius 3 is 2.74 bits per heavy atom. The largest absolute Gasteiger partial charge is 0.508 e. The van der Waals surface area contributed by atoms with Crippen molar-refractivity contribution in [2.75, 3.05) is 38.0 Å². The maximum Gasteiger partial charge on any atom is 0.230 e. The average Bonchev–Trinajstić information content (AvgIpc) is 2.21. The molecule has 6 heteroatoms. The Kier molecular flexibility index (Phi) is 3.97. The summed E-state index contributed by atoms with van der Waals surface area (Å²) in [5.41, 5.74) is 0.597. The van der Waals surface area contributed by atoms with Crippen molar-refractivity contribution in [3.8, 4) is 5.75 Å². The molecule has 104 valence electrons. The molecule has 0 aromatic heterocycles. The van der Waals surface area contributed by atoms with E-state index in [1.165, 1.54) is 6.07 Å². The molecule has 0 spiro atoms. The van der Waals surface area contributed by atoms with E-state index in [0.717, 1.165) is 0 Å². The van der Waals surface area contributed by atoms with Gasteiger partial charge in [-0.25, -0.2) is 0 Å². The van der Waals surface area contributed by atoms with E-state index in [9.17, 15) is 14.5 Å². The van der Waals surface area contributed by atoms with Crippen LogP contribution in [0.1, 0.15) is 0 Å². The number of carbonyl (C=O) groups is 1. The first-order chi connectivity index (χ1) is 8.83. The van der Waals surface area contributed by atoms with Crippen molar-refractivity contribution in [3.63, 3.8) is 0 Å². The molecule has 0 radical (unpaired) electrons. The van der Waals surface area contributed by atoms with Crippen LogP contribution in [0.15, 0.2) is 24.3 Å². The molecular formula is C13H19N2O3P. The van der Waals surface area contributed by atoms with Gasteiger partial charge in [-0.3, -0.25) is 9.69 Å². The summed E-state index contributed by atoms with van der Waals surface area (Å²) in [6, 6.07) is 6.49. The first-order valence-corrected chi connectivity index (χ1v) is 8.98. The van der Waals surface area contributed by atoms with E-state index in [-0.39, 0.29) is 17.6 Å². The number of phenols is 1. The zero-order valence-electron chi connectivity index (χ0n) is 11.2. The number of nitrogens with zero attached hydrogens (tertiary/aromatic N) is 1. The molecule has 0 atom stereocenters. The van der Waals surface area contributed by atoms with Crippen LogP contribution in [-0.4, -0.2) is 48.6 Å². The van der Waals surface area contributed by atoms with Crippen molar-refractivity contribution >= 4 is 18.7 Å². The Hall–Kier alpha value is -1.32. The molecule has 1 amide bonds. The maximum absolute atomic E-state index is 11.9. The molecule has 5 nitrogen and oxygen atoms in total. The van der Waals surface area contributed by atoms with Gasteiger partial charge < -0.3 is 15.0 Å². The van der Waals surface area contributed by atoms with E-state index in [0.29, 0.717) is 25.1 Å². The number of anilines is 1. The van der Waals surface area contributed by atoms with Gasteiger partial charge in [0, 0.05) is 24.8 Å². The standard InChI is InChI=1S/C13H19N2O3P/c1-19(2,18)9-15-7-10(8-15)13(17)14-11-4-3-5-12(16)6-11/h3-6,10,16H,7-9H2,1-2H3,(H,14,17). The minimum Gasteiger partial charge on any atom is -0.508 e. The third-order valence-electron chi connectivity index (χ3n) is 2.98. The van der Waals surface area contributed by atoms with Crippen LogP contribution in [0.3, 0.4) is 0 Å². The summed E-state index contributed by atoms with van der Waals surface area (Å²) in [7, 11) is -2.06. The number of phenolic OH excluding ortho intramolecular Hbond substituents is 1. The predicted molar refractivity (Wildman–Crippen MR) is 76.1 cm³/mol. The minimum absolute atomic E-state index is 0.0520. The summed E-state index contributed by atoms with van der Waals surface area (Å²) >= 11 is 0. The number of amides is 1. The van der Waals surface area contributed by atoms with Crippen molar-refractivity contribution in [3.05, 3.63) is 24.3 Å². The highest BCUT2D eigenvalue weighted by atomic mass is 31.2. The van der Waals surface area contributed by atoms with Crippen molar-refractivity contribution in [1.82, 2.24) is 4.90 Å². The highest BCUT2D eigenvalue weighted by Gasteiger charge is 2.34. The molecule has 2 N–H and O–H groups in total. The summed E-state index contributed by atoms with van der Waals surface area (Å²) < 4.78 is 11.7. The van der Waals surface area contributed by atoms with Gasteiger partial charge in [-0.05, 0) is 25.5 Å². The second-order valence-electron chi connectivity index (χ2n) is 5.49. The highest BCUT2D eigenvalue weighted by Crippen LogP contribution is 2.38. The van der Waals surface area contributed by atoms with Gasteiger partial charge in [0.2, 0.25) is 5.91 Å². The van der Waals surface area contributed by atoms with Crippen molar-refractivity contribution in [2.24, 2.45) is 5.92 Å². The zero-order chi connectivity index (χ0) is 14.0. The smallest absolute Gasteiger partial charge is 0.230 e. The monoisotopic (exact) mass is 282 g/mol. The number of rotatable bonds is 4. The van der Waals surface area contributed by atoms with Crippen LogP contribution in [0.25, 0.3) is 0 Å². The van der Waals surface area contributed by atoms with Gasteiger partial charge >= 0.3 is 0 Å². The first-order valence-electron chi connectivity index (χ1n) is 6.20. The molecule has 0 bridgehead atoms. The highest BCUT2D eigenvalue weighted by molar-refractivity contribution is 7.62. The number of nitrogens with one attached hydrogen (secondary N) is 1. The summed E-state index contributed by atoms with van der Waals surface area (Å²) in [5, 5.41) is 12.1. The first kappa shape index (κ1) is 14.1. The van der Waals surface area contributed by atoms with Crippen molar-refractivity contribution < 1.29 is 14.5 Å². The molecule has 0 saturated carbocycles. The summed E-state index contributed by atoms with van der Waals surface area (Å²) in [6.45, 7) is 4.81. The zero-order valence-corrected chi connectivity index (χ0v) is 12.1. The number of hydrogen-bond acceptors (Lipinski definition) is 4. The third kappa shape index (κ3) is 4.08. The van der Waals surface area contributed by atoms with Gasteiger partial charge in [0.15, 0.2) is 0 Å². The number of hydrogen-bond donors (Lipinski definition) is 2. The van der Waals surface area contributed by atoms with Crippen LogP contribution >= 0.6 is 7.14 Å². The van der Waals surface area contributed by atoms with Crippen LogP contribution in [0.2, 0.25) is 0 Å². The fraction of sp³-hybridized carbons (Fsp3) is 0.462. The molecule has 0 aliphatic carbocycles. The molecular weight excluding hydrogens is 263 g/mol. The number of aromatic hydroxyl groups is 1. The molecule has 1 saturated heterocycles. The Morgan fingerprint density at radius 1 is 1.47 bits per heavy atom. The number of likely N-dealkylation sites (tertiary alicyclic amines) is 1. The lowest BCUT2D eigenvalue weighted by Gasteiger charge is -2.38. The third-order valence-corrected chi connectivity index (χ3v) is 4.06. The minimum atomic E-state index is -2.06. The van der Waals surface area contributed by atoms with Gasteiger partial charge in [0.05, 0.1) is 19.3 Å². The average molecular weight is 282 g/mol. The van der Waals surface area contributed by atoms with Crippen LogP contribution < -0.4 is 5.32 Å². The molecule has 1 heterocycles. The SMILES string of the molecule is CP(C)(=O)CN1CC(C(=O)Nc2cccc(O)c2)C1. The van der Waals surface area contributed by atoms with E-state index in [4.69, 9.17) is 0 Å². The molecule has 1 fully saturated rings. The van der Waals surface area contributed by atoms with Crippen LogP contribution in [0.4, 0.5) is 5.69 Å². The van der Waals surface area contributed by atoms with Gasteiger partial charge in [-0.1, -0.05) is 6.07 Å². The summed E-state index contributed by atoms with van der Waals surface area (Å²) in [4.78, 5) is 14.0. The van der Waals surface area contributed by atoms with Crippen LogP contribution in [-0.2, 0) is 9.36 Å². The van der Waals surface area contributed by atoms with Crippen LogP contribution in [0.5, 0.6) is 5.75 Å². The second kappa shape index (κ2) is 5.35. The quantitative estimate of drug-likeness (QED) is 0.827. The second-order valence-corrected chi connectivity index (χ2v) is 8.92. The lowest BCUT2D eigenvalue weighted by molar-refractivity contribution is -0.124. The maximum atomic E-state index is 11.9. The molecule has 1 aliphatic rings. The molecule has 19 heavy (non-hydrogen) atoms. The van der Waals surface area contributed by atoms with E-state index < -0.39 is 7.14 Å². The van der Waals surface area contributed by atoms with Gasteiger partial charge in [-0.2, -0.15) is 0 Å². The molecule has 1 aliphatic heterocycles.